The number of hydrogen-bond acceptors (Lipinski definition) is 12. The molecule has 18 nitrogen and oxygen atoms in total. The van der Waals surface area contributed by atoms with Gasteiger partial charge < -0.3 is 40.7 Å². The first-order valence-corrected chi connectivity index (χ1v) is 20.5. The fraction of sp³-hybridized carbons (Fsp3) is 0.844. The molecule has 0 bridgehead atoms. The number of carbonyl (C=O) groups excluding carboxylic acids is 7. The van der Waals surface area contributed by atoms with Gasteiger partial charge in [0.15, 0.2) is 0 Å². The number of aliphatic hydroxyl groups is 1. The maximum absolute atomic E-state index is 10.9. The van der Waals surface area contributed by atoms with E-state index in [1.165, 1.54) is 6.92 Å². The summed E-state index contributed by atoms with van der Waals surface area (Å²) in [4.78, 5) is 86.9. The van der Waals surface area contributed by atoms with Gasteiger partial charge >= 0.3 is 0 Å². The van der Waals surface area contributed by atoms with Gasteiger partial charge in [0.1, 0.15) is 17.3 Å². The molecule has 0 aromatic carbocycles. The zero-order chi connectivity index (χ0) is 42.8. The van der Waals surface area contributed by atoms with Gasteiger partial charge in [-0.15, -0.1) is 0 Å². The Morgan fingerprint density at radius 3 is 1.10 bits per heavy atom. The van der Waals surface area contributed by atoms with Crippen LogP contribution in [-0.2, 0) is 33.6 Å². The first-order chi connectivity index (χ1) is 27.0. The van der Waals surface area contributed by atoms with Gasteiger partial charge in [-0.2, -0.15) is 0 Å². The van der Waals surface area contributed by atoms with Crippen LogP contribution in [0.2, 0.25) is 0 Å². The number of Topliss-reactive ketones (excluding diaryl/α,β-unsaturated/α-hetero) is 3. The summed E-state index contributed by atoms with van der Waals surface area (Å²) in [7, 11) is 2.05. The first kappa shape index (κ1) is 90.8. The van der Waals surface area contributed by atoms with E-state index in [9.17, 15) is 33.6 Å². The van der Waals surface area contributed by atoms with Gasteiger partial charge in [0.2, 0.25) is 23.6 Å². The fourth-order valence-corrected chi connectivity index (χ4v) is 6.41. The van der Waals surface area contributed by atoms with Crippen molar-refractivity contribution in [2.24, 2.45) is 10.8 Å². The first-order valence-electron chi connectivity index (χ1n) is 20.5. The molecule has 6 heterocycles. The molecule has 4 amide bonds. The number of nitrogens with zero attached hydrogens (tertiary/aromatic N) is 8. The number of likely N-dealkylation sites (tertiary alicyclic amines) is 5. The summed E-state index contributed by atoms with van der Waals surface area (Å²) in [5.41, 5.74) is 13.8. The minimum absolute atomic E-state index is 0. The van der Waals surface area contributed by atoms with Crippen molar-refractivity contribution in [3.63, 3.8) is 0 Å². The van der Waals surface area contributed by atoms with Crippen molar-refractivity contribution in [1.82, 2.24) is 29.8 Å². The standard InChI is InChI=1S/C7H12N4O.C7H14N2O.C7H13NO2.C7H11NO2.C6H11NO.C5H9NO.6CH4.4Ar/c1-6(12)11-4-2-7(3-5-11)9-10-8;1-6(10)9-4-2-7(8)3-5-9;2*1-6(9)8-4-2-7(10)3-5-8;1-7-4-2-6(8)3-5-7;7-5-1-3-6-4-2-5;;;;;;;;;;/h7H,2-5H2,1H3;7H,2-5,8H2,1H3;7,10H,2-5H2,1H3;2-5H2,1H3;2-5H2,1H3;6H,1-4H2;6*1H4;;;;. The Bertz CT molecular complexity index is 1270. The number of hydrogen-bond donors (Lipinski definition) is 3. The number of azide groups is 1. The number of carbonyl (C=O) groups is 7. The quantitative estimate of drug-likeness (QED) is 0.169. The summed E-state index contributed by atoms with van der Waals surface area (Å²) in [5, 5.41) is 15.8. The molecule has 6 rings (SSSR count). The molecule has 6 saturated heterocycles. The molecule has 0 atom stereocenters. The molecule has 0 saturated carbocycles. The second-order valence-corrected chi connectivity index (χ2v) is 15.2. The molecule has 0 aromatic rings. The molecule has 0 aliphatic carbocycles. The summed E-state index contributed by atoms with van der Waals surface area (Å²) in [6, 6.07) is 0.404. The molecule has 6 fully saturated rings. The zero-order valence-electron chi connectivity index (χ0n) is 36.6. The molecule has 67 heavy (non-hydrogen) atoms. The number of rotatable bonds is 1. The predicted molar refractivity (Wildman–Crippen MR) is 257 cm³/mol. The van der Waals surface area contributed by atoms with E-state index in [0.717, 1.165) is 130 Å². The average molecular weight is 1060 g/mol. The molecule has 6 aliphatic heterocycles. The van der Waals surface area contributed by atoms with Crippen molar-refractivity contribution in [1.29, 1.82) is 0 Å². The molecular weight excluding hydrogens is 968 g/mol. The summed E-state index contributed by atoms with van der Waals surface area (Å²) in [5.74, 6) is 1.57. The van der Waals surface area contributed by atoms with Crippen LogP contribution in [0.3, 0.4) is 0 Å². The Morgan fingerprint density at radius 2 is 0.821 bits per heavy atom. The molecule has 6 aliphatic rings. The Hall–Kier alpha value is 1.08. The average Bonchev–Trinajstić information content (AvgIpc) is 3.18. The van der Waals surface area contributed by atoms with Crippen LogP contribution in [0.25, 0.3) is 10.4 Å². The van der Waals surface area contributed by atoms with E-state index in [4.69, 9.17) is 16.4 Å². The molecule has 0 unspecified atom stereocenters. The minimum Gasteiger partial charge on any atom is -0.393 e. The van der Waals surface area contributed by atoms with E-state index in [2.05, 4.69) is 20.2 Å². The van der Waals surface area contributed by atoms with Crippen molar-refractivity contribution >= 4 is 41.0 Å². The fourth-order valence-electron chi connectivity index (χ4n) is 6.41. The van der Waals surface area contributed by atoms with E-state index in [1.54, 1.807) is 35.5 Å². The van der Waals surface area contributed by atoms with Crippen molar-refractivity contribution in [2.75, 3.05) is 85.6 Å². The van der Waals surface area contributed by atoms with E-state index >= 15 is 0 Å². The zero-order valence-corrected chi connectivity index (χ0v) is 39.4. The number of nitrogens with one attached hydrogen (secondary N) is 1. The van der Waals surface area contributed by atoms with E-state index < -0.39 is 0 Å². The summed E-state index contributed by atoms with van der Waals surface area (Å²) in [6.07, 6.45) is 8.87. The Morgan fingerprint density at radius 1 is 0.537 bits per heavy atom. The number of amides is 4. The third-order valence-corrected chi connectivity index (χ3v) is 10.5. The molecule has 0 aromatic heterocycles. The number of ketones is 3. The maximum Gasteiger partial charge on any atom is 0.219 e. The van der Waals surface area contributed by atoms with Gasteiger partial charge in [-0.25, -0.2) is 0 Å². The second kappa shape index (κ2) is 54.8. The molecule has 0 spiro atoms. The Balaban J connectivity index is -0.0000000710. The normalized spacial score (nSPS) is 17.7. The van der Waals surface area contributed by atoms with Crippen LogP contribution in [0.1, 0.15) is 149 Å². The number of nitrogens with two attached hydrogens (primary N) is 1. The smallest absolute Gasteiger partial charge is 0.219 e. The molecule has 404 valence electrons. The summed E-state index contributed by atoms with van der Waals surface area (Å²) >= 11 is 0. The van der Waals surface area contributed by atoms with Gasteiger partial charge in [0.25, 0.3) is 0 Å². The Labute approximate surface area is 527 Å². The number of piperidine rings is 6. The van der Waals surface area contributed by atoms with Crippen LogP contribution in [0.5, 0.6) is 0 Å². The number of aliphatic hydroxyl groups excluding tert-OH is 1. The Kier molecular flexibility index (Phi) is 74.3. The second-order valence-electron chi connectivity index (χ2n) is 15.2. The molecule has 22 heteroatoms. The largest absolute Gasteiger partial charge is 0.393 e. The minimum atomic E-state index is -0.185. The molecule has 4 N–H and O–H groups in total. The molecule has 0 radical (unpaired) electrons. The van der Waals surface area contributed by atoms with E-state index in [0.29, 0.717) is 43.5 Å². The van der Waals surface area contributed by atoms with E-state index in [1.807, 2.05) is 11.9 Å². The van der Waals surface area contributed by atoms with Crippen LogP contribution in [0.15, 0.2) is 5.11 Å². The predicted octanol–water partition coefficient (Wildman–Crippen LogP) is 5.49. The van der Waals surface area contributed by atoms with Gasteiger partial charge in [0, 0.05) is 313 Å². The van der Waals surface area contributed by atoms with Crippen LogP contribution in [-0.4, -0.2) is 174 Å². The van der Waals surface area contributed by atoms with Crippen molar-refractivity contribution < 1.29 is 190 Å². The van der Waals surface area contributed by atoms with Crippen molar-refractivity contribution in [3.05, 3.63) is 10.4 Å². The third-order valence-electron chi connectivity index (χ3n) is 10.5. The maximum atomic E-state index is 10.9. The van der Waals surface area contributed by atoms with Crippen LogP contribution < -0.4 is 11.1 Å². The van der Waals surface area contributed by atoms with Gasteiger partial charge in [0.05, 0.1) is 6.10 Å². The van der Waals surface area contributed by atoms with Crippen LogP contribution >= 0.6 is 0 Å². The van der Waals surface area contributed by atoms with Crippen molar-refractivity contribution in [3.8, 4) is 0 Å². The SMILES string of the molecule is C.C.C.C.C.C.CC(=O)N1CCC(=O)CC1.CC(=O)N1CCC(N)CC1.CC(=O)N1CCC(N=[N+]=[N-])CC1.CC(=O)N1CCC(O)CC1.CN1CCC(=O)CC1.O=C1CCNCC1.[Ar].[Ar].[Ar].[Ar]. The monoisotopic (exact) mass is 1060 g/mol. The third kappa shape index (κ3) is 46.6. The summed E-state index contributed by atoms with van der Waals surface area (Å²) in [6.45, 7) is 15.8. The molecular formula is C45H94Ar4N10O8. The van der Waals surface area contributed by atoms with Gasteiger partial charge in [-0.1, -0.05) is 49.7 Å². The van der Waals surface area contributed by atoms with Crippen LogP contribution in [0, 0.1) is 151 Å². The summed E-state index contributed by atoms with van der Waals surface area (Å²) < 4.78 is 0. The van der Waals surface area contributed by atoms with E-state index in [-0.39, 0.29) is 237 Å². The van der Waals surface area contributed by atoms with Gasteiger partial charge in [-0.05, 0) is 51.1 Å². The topological polar surface area (TPSA) is 243 Å². The van der Waals surface area contributed by atoms with Crippen molar-refractivity contribution in [2.45, 2.75) is 167 Å². The van der Waals surface area contributed by atoms with Gasteiger partial charge in [-0.3, -0.25) is 33.6 Å². The van der Waals surface area contributed by atoms with Crippen LogP contribution in [0.4, 0.5) is 0 Å².